The molecule has 33 heavy (non-hydrogen) atoms. The molecule has 2 N–H and O–H groups in total. The van der Waals surface area contributed by atoms with Gasteiger partial charge in [0.1, 0.15) is 12.4 Å². The molecule has 3 rings (SSSR count). The number of unbranched alkanes of at least 4 members (excludes halogenated alkanes) is 2. The first-order valence-electron chi connectivity index (χ1n) is 12.7. The smallest absolute Gasteiger partial charge is 0.256 e. The van der Waals surface area contributed by atoms with Crippen molar-refractivity contribution in [2.75, 3.05) is 45.9 Å². The second-order valence-corrected chi connectivity index (χ2v) is 9.21. The Kier molecular flexibility index (Phi) is 10.0. The molecule has 0 radical (unpaired) electrons. The first-order chi connectivity index (χ1) is 16.1. The number of benzene rings is 1. The summed E-state index contributed by atoms with van der Waals surface area (Å²) in [6.45, 7) is 5.65. The number of nitrogens with zero attached hydrogens (tertiary/aromatic N) is 2. The maximum absolute atomic E-state index is 13.9. The third-order valence-corrected chi connectivity index (χ3v) is 6.71. The number of morpholine rings is 1. The van der Waals surface area contributed by atoms with Crippen LogP contribution in [0.15, 0.2) is 24.3 Å². The van der Waals surface area contributed by atoms with Gasteiger partial charge in [0, 0.05) is 19.5 Å². The monoisotopic (exact) mass is 459 g/mol. The molecule has 1 aromatic rings. The van der Waals surface area contributed by atoms with Crippen molar-refractivity contribution in [1.82, 2.24) is 9.80 Å². The van der Waals surface area contributed by atoms with Gasteiger partial charge in [0.2, 0.25) is 5.91 Å². The predicted molar refractivity (Wildman–Crippen MR) is 129 cm³/mol. The summed E-state index contributed by atoms with van der Waals surface area (Å²) in [5.74, 6) is 1.02. The van der Waals surface area contributed by atoms with Crippen LogP contribution in [-0.2, 0) is 20.7 Å². The number of nitrogens with two attached hydrogens (primary N) is 1. The molecule has 2 aliphatic rings. The molecule has 1 atom stereocenters. The number of ether oxygens (including phenoxy) is 2. The Morgan fingerprint density at radius 3 is 2.79 bits per heavy atom. The molecular weight excluding hydrogens is 418 g/mol. The van der Waals surface area contributed by atoms with E-state index in [1.807, 2.05) is 28.0 Å². The van der Waals surface area contributed by atoms with Crippen LogP contribution in [0.2, 0.25) is 0 Å². The number of amides is 2. The fraction of sp³-hybridized carbons (Fsp3) is 0.692. The number of rotatable bonds is 7. The number of carbonyl (C=O) groups excluding carboxylic acids is 2. The van der Waals surface area contributed by atoms with E-state index in [2.05, 4.69) is 13.0 Å². The van der Waals surface area contributed by atoms with E-state index >= 15 is 0 Å². The molecule has 0 aliphatic carbocycles. The van der Waals surface area contributed by atoms with Gasteiger partial charge in [-0.1, -0.05) is 31.5 Å². The van der Waals surface area contributed by atoms with E-state index in [-0.39, 0.29) is 11.8 Å². The third kappa shape index (κ3) is 6.93. The van der Waals surface area contributed by atoms with Gasteiger partial charge >= 0.3 is 0 Å². The zero-order chi connectivity index (χ0) is 23.5. The Bertz CT molecular complexity index is 772. The van der Waals surface area contributed by atoms with Gasteiger partial charge < -0.3 is 25.0 Å². The second kappa shape index (κ2) is 12.9. The summed E-state index contributed by atoms with van der Waals surface area (Å²) in [6.07, 6.45) is 7.37. The molecule has 1 unspecified atom stereocenters. The molecule has 2 amide bonds. The summed E-state index contributed by atoms with van der Waals surface area (Å²) in [5.41, 5.74) is 5.83. The summed E-state index contributed by atoms with van der Waals surface area (Å²) in [5, 5.41) is 0. The van der Waals surface area contributed by atoms with Crippen LogP contribution in [-0.4, -0.2) is 73.2 Å². The quantitative estimate of drug-likeness (QED) is 0.633. The molecule has 1 aromatic carbocycles. The van der Waals surface area contributed by atoms with Gasteiger partial charge in [-0.25, -0.2) is 0 Å². The van der Waals surface area contributed by atoms with E-state index in [0.717, 1.165) is 50.7 Å². The van der Waals surface area contributed by atoms with E-state index in [1.54, 1.807) is 0 Å². The number of para-hydroxylation sites is 1. The third-order valence-electron chi connectivity index (χ3n) is 6.71. The van der Waals surface area contributed by atoms with Gasteiger partial charge in [-0.15, -0.1) is 0 Å². The van der Waals surface area contributed by atoms with Crippen molar-refractivity contribution in [3.8, 4) is 5.75 Å². The number of carbonyl (C=O) groups is 2. The van der Waals surface area contributed by atoms with Crippen molar-refractivity contribution in [3.05, 3.63) is 29.8 Å². The lowest BCUT2D eigenvalue weighted by atomic mass is 9.90. The molecular formula is C26H41N3O4. The zero-order valence-corrected chi connectivity index (χ0v) is 20.2. The van der Waals surface area contributed by atoms with Crippen LogP contribution in [0.1, 0.15) is 63.9 Å². The molecule has 2 aliphatic heterocycles. The maximum Gasteiger partial charge on any atom is 0.256 e. The van der Waals surface area contributed by atoms with Crippen LogP contribution >= 0.6 is 0 Å². The number of aryl methyl sites for hydroxylation is 1. The number of fused-ring (bicyclic) bond motifs is 1. The molecule has 0 saturated carbocycles. The Balaban J connectivity index is 1.79. The minimum Gasteiger partial charge on any atom is -0.491 e. The summed E-state index contributed by atoms with van der Waals surface area (Å²) >= 11 is 0. The lowest BCUT2D eigenvalue weighted by Crippen LogP contribution is -2.62. The molecule has 7 nitrogen and oxygen atoms in total. The predicted octanol–water partition coefficient (Wildman–Crippen LogP) is 3.15. The van der Waals surface area contributed by atoms with E-state index < -0.39 is 5.60 Å². The van der Waals surface area contributed by atoms with Crippen molar-refractivity contribution < 1.29 is 19.1 Å². The molecule has 0 bridgehead atoms. The lowest BCUT2D eigenvalue weighted by Gasteiger charge is -2.44. The van der Waals surface area contributed by atoms with E-state index in [9.17, 15) is 9.59 Å². The van der Waals surface area contributed by atoms with E-state index in [1.165, 1.54) is 5.56 Å². The first kappa shape index (κ1) is 25.5. The fourth-order valence-corrected chi connectivity index (χ4v) is 4.76. The summed E-state index contributed by atoms with van der Waals surface area (Å²) in [7, 11) is 0. The van der Waals surface area contributed by atoms with Gasteiger partial charge in [0.15, 0.2) is 5.60 Å². The van der Waals surface area contributed by atoms with Crippen molar-refractivity contribution in [2.24, 2.45) is 5.73 Å². The van der Waals surface area contributed by atoms with Crippen molar-refractivity contribution in [3.63, 3.8) is 0 Å². The van der Waals surface area contributed by atoms with Crippen LogP contribution in [0.4, 0.5) is 0 Å². The lowest BCUT2D eigenvalue weighted by molar-refractivity contribution is -0.176. The van der Waals surface area contributed by atoms with Crippen molar-refractivity contribution >= 4 is 11.8 Å². The van der Waals surface area contributed by atoms with Gasteiger partial charge in [-0.05, 0) is 63.1 Å². The van der Waals surface area contributed by atoms with Gasteiger partial charge in [0.05, 0.1) is 19.7 Å². The summed E-state index contributed by atoms with van der Waals surface area (Å²) in [6, 6.07) is 8.18. The highest BCUT2D eigenvalue weighted by Gasteiger charge is 2.46. The molecule has 0 aromatic heterocycles. The van der Waals surface area contributed by atoms with Crippen LogP contribution in [0, 0.1) is 0 Å². The fourth-order valence-electron chi connectivity index (χ4n) is 4.76. The van der Waals surface area contributed by atoms with Gasteiger partial charge in [-0.2, -0.15) is 0 Å². The van der Waals surface area contributed by atoms with Crippen LogP contribution in [0.3, 0.4) is 0 Å². The zero-order valence-electron chi connectivity index (χ0n) is 20.2. The Labute approximate surface area is 198 Å². The minimum absolute atomic E-state index is 0.00728. The number of hydrogen-bond acceptors (Lipinski definition) is 5. The normalized spacial score (nSPS) is 22.3. The highest BCUT2D eigenvalue weighted by molar-refractivity contribution is 5.87. The Hall–Kier alpha value is -2.12. The molecule has 1 fully saturated rings. The molecule has 1 saturated heterocycles. The topological polar surface area (TPSA) is 85.1 Å². The van der Waals surface area contributed by atoms with E-state index in [4.69, 9.17) is 15.2 Å². The average Bonchev–Trinajstić information content (AvgIpc) is 2.84. The highest BCUT2D eigenvalue weighted by Crippen LogP contribution is 2.30. The molecule has 184 valence electrons. The minimum atomic E-state index is -0.964. The number of hydrogen-bond donors (Lipinski definition) is 1. The maximum atomic E-state index is 13.9. The molecule has 7 heteroatoms. The average molecular weight is 460 g/mol. The largest absolute Gasteiger partial charge is 0.491 e. The van der Waals surface area contributed by atoms with Gasteiger partial charge in [0.25, 0.3) is 5.91 Å². The van der Waals surface area contributed by atoms with Crippen molar-refractivity contribution in [1.29, 1.82) is 0 Å². The Morgan fingerprint density at radius 2 is 1.97 bits per heavy atom. The van der Waals surface area contributed by atoms with E-state index in [0.29, 0.717) is 58.8 Å². The summed E-state index contributed by atoms with van der Waals surface area (Å²) in [4.78, 5) is 30.5. The van der Waals surface area contributed by atoms with Crippen LogP contribution in [0.5, 0.6) is 5.75 Å². The second-order valence-electron chi connectivity index (χ2n) is 9.21. The van der Waals surface area contributed by atoms with Crippen molar-refractivity contribution in [2.45, 2.75) is 70.3 Å². The molecule has 2 heterocycles. The van der Waals surface area contributed by atoms with Crippen LogP contribution in [0.25, 0.3) is 0 Å². The van der Waals surface area contributed by atoms with Gasteiger partial charge in [-0.3, -0.25) is 9.59 Å². The highest BCUT2D eigenvalue weighted by atomic mass is 16.5. The standard InChI is InChI=1S/C26H41N3O4/c1-2-3-16-28-17-19-32-23-12-5-4-10-22(23)11-6-8-14-26(25(28)31)21-29(18-20-33-26)24(30)13-7-9-15-27/h4-5,10,12H,2-3,6-9,11,13-21,27H2,1H3. The molecule has 1 spiro atoms. The first-order valence-corrected chi connectivity index (χ1v) is 12.7. The SMILES string of the molecule is CCCCN1CCOc2ccccc2CCCCC2(CN(C(=O)CCCCN)CCO2)C1=O. The van der Waals surface area contributed by atoms with Crippen LogP contribution < -0.4 is 10.5 Å². The Morgan fingerprint density at radius 1 is 1.12 bits per heavy atom. The summed E-state index contributed by atoms with van der Waals surface area (Å²) < 4.78 is 12.4.